The Hall–Kier alpha value is -3.40. The minimum absolute atomic E-state index is 0.128. The molecule has 0 aromatic heterocycles. The van der Waals surface area contributed by atoms with Gasteiger partial charge in [-0.3, -0.25) is 5.73 Å². The lowest BCUT2D eigenvalue weighted by Crippen LogP contribution is -2.44. The average molecular weight is 642 g/mol. The van der Waals surface area contributed by atoms with Crippen molar-refractivity contribution in [2.24, 2.45) is 5.73 Å². The van der Waals surface area contributed by atoms with Crippen molar-refractivity contribution in [3.63, 3.8) is 0 Å². The fraction of sp³-hybridized carbons (Fsp3) is 0.568. The summed E-state index contributed by atoms with van der Waals surface area (Å²) in [5.74, 6) is 0.269. The molecule has 0 aliphatic carbocycles. The molecular formula is C37H55NO8. The molecule has 0 bridgehead atoms. The van der Waals surface area contributed by atoms with Crippen LogP contribution in [0.5, 0.6) is 11.5 Å². The standard InChI is InChI=1S/C37H55NO8/c1-28-10-14-30(15-11-28)45-36(7,8)22-26-43-34(3,4)20-24-41-32(39)18-19-33(40)42-25-21-35(5,6)44-27-23-37(9,38)46-31-16-12-29(2)13-17-31/h10-19H,20-27,38H2,1-9H3/b19-18+. The lowest BCUT2D eigenvalue weighted by Gasteiger charge is -2.30. The zero-order valence-electron chi connectivity index (χ0n) is 29.3. The molecule has 2 aromatic rings. The number of carbonyl (C=O) groups is 2. The zero-order valence-corrected chi connectivity index (χ0v) is 29.3. The lowest BCUT2D eigenvalue weighted by molar-refractivity contribution is -0.142. The fourth-order valence-electron chi connectivity index (χ4n) is 4.18. The van der Waals surface area contributed by atoms with Crippen LogP contribution in [0.1, 0.15) is 85.3 Å². The van der Waals surface area contributed by atoms with Gasteiger partial charge in [-0.15, -0.1) is 0 Å². The lowest BCUT2D eigenvalue weighted by atomic mass is 10.0. The third kappa shape index (κ3) is 16.8. The Bertz CT molecular complexity index is 1150. The van der Waals surface area contributed by atoms with Crippen LogP contribution < -0.4 is 15.2 Å². The molecule has 1 unspecified atom stereocenters. The molecule has 2 rings (SSSR count). The highest BCUT2D eigenvalue weighted by atomic mass is 16.5. The number of aryl methyl sites for hydroxylation is 2. The maximum atomic E-state index is 12.1. The van der Waals surface area contributed by atoms with E-state index in [4.69, 9.17) is 34.2 Å². The van der Waals surface area contributed by atoms with E-state index in [1.54, 1.807) is 0 Å². The molecule has 256 valence electrons. The summed E-state index contributed by atoms with van der Waals surface area (Å²) >= 11 is 0. The summed E-state index contributed by atoms with van der Waals surface area (Å²) in [5.41, 5.74) is 6.27. The number of carbonyl (C=O) groups excluding carboxylic acids is 2. The monoisotopic (exact) mass is 641 g/mol. The number of hydrogen-bond donors (Lipinski definition) is 1. The fourth-order valence-corrected chi connectivity index (χ4v) is 4.18. The van der Waals surface area contributed by atoms with Gasteiger partial charge >= 0.3 is 11.9 Å². The van der Waals surface area contributed by atoms with Crippen LogP contribution in [0.15, 0.2) is 60.7 Å². The highest BCUT2D eigenvalue weighted by Crippen LogP contribution is 2.24. The maximum Gasteiger partial charge on any atom is 0.331 e. The molecule has 0 radical (unpaired) electrons. The van der Waals surface area contributed by atoms with Gasteiger partial charge in [0.15, 0.2) is 5.72 Å². The Labute approximate surface area is 275 Å². The minimum atomic E-state index is -0.894. The third-order valence-corrected chi connectivity index (χ3v) is 7.33. The van der Waals surface area contributed by atoms with Crippen LogP contribution in [0.2, 0.25) is 0 Å². The van der Waals surface area contributed by atoms with Crippen LogP contribution in [0, 0.1) is 13.8 Å². The first kappa shape index (κ1) is 38.8. The van der Waals surface area contributed by atoms with E-state index in [1.165, 1.54) is 5.56 Å². The van der Waals surface area contributed by atoms with E-state index in [0.717, 1.165) is 23.5 Å². The second-order valence-electron chi connectivity index (χ2n) is 13.8. The largest absolute Gasteiger partial charge is 0.488 e. The van der Waals surface area contributed by atoms with Crippen molar-refractivity contribution in [3.05, 3.63) is 71.8 Å². The predicted molar refractivity (Wildman–Crippen MR) is 180 cm³/mol. The number of ether oxygens (including phenoxy) is 6. The van der Waals surface area contributed by atoms with E-state index < -0.39 is 34.5 Å². The summed E-state index contributed by atoms with van der Waals surface area (Å²) in [7, 11) is 0. The first-order valence-corrected chi connectivity index (χ1v) is 16.0. The molecule has 0 saturated heterocycles. The SMILES string of the molecule is Cc1ccc(OC(C)(C)CCOC(C)(C)CCOC(=O)/C=C/C(=O)OCCC(C)(C)OCCC(C)(N)Oc2ccc(C)cc2)cc1. The van der Waals surface area contributed by atoms with Gasteiger partial charge in [0, 0.05) is 37.8 Å². The van der Waals surface area contributed by atoms with Crippen molar-refractivity contribution >= 4 is 11.9 Å². The first-order valence-electron chi connectivity index (χ1n) is 16.0. The van der Waals surface area contributed by atoms with Crippen molar-refractivity contribution in [3.8, 4) is 11.5 Å². The summed E-state index contributed by atoms with van der Waals surface area (Å²) in [6, 6.07) is 15.7. The maximum absolute atomic E-state index is 12.1. The molecule has 46 heavy (non-hydrogen) atoms. The van der Waals surface area contributed by atoms with Gasteiger partial charge < -0.3 is 28.4 Å². The molecule has 2 aromatic carbocycles. The van der Waals surface area contributed by atoms with E-state index in [1.807, 2.05) is 111 Å². The second-order valence-corrected chi connectivity index (χ2v) is 13.8. The summed E-state index contributed by atoms with van der Waals surface area (Å²) in [6.45, 7) is 18.8. The molecule has 0 saturated carbocycles. The topological polar surface area (TPSA) is 116 Å². The zero-order chi connectivity index (χ0) is 34.4. The molecule has 1 atom stereocenters. The van der Waals surface area contributed by atoms with Crippen molar-refractivity contribution in [1.82, 2.24) is 0 Å². The van der Waals surface area contributed by atoms with Crippen LogP contribution in [0.25, 0.3) is 0 Å². The van der Waals surface area contributed by atoms with Gasteiger partial charge in [-0.2, -0.15) is 0 Å². The smallest absolute Gasteiger partial charge is 0.331 e. The average Bonchev–Trinajstić information content (AvgIpc) is 2.93. The van der Waals surface area contributed by atoms with Gasteiger partial charge in [-0.25, -0.2) is 9.59 Å². The molecule has 0 heterocycles. The quantitative estimate of drug-likeness (QED) is 0.0926. The third-order valence-electron chi connectivity index (χ3n) is 7.33. The predicted octanol–water partition coefficient (Wildman–Crippen LogP) is 7.01. The normalized spacial score (nSPS) is 13.7. The van der Waals surface area contributed by atoms with Crippen LogP contribution >= 0.6 is 0 Å². The number of hydrogen-bond acceptors (Lipinski definition) is 9. The molecule has 0 spiro atoms. The number of benzene rings is 2. The molecule has 9 nitrogen and oxygen atoms in total. The Balaban J connectivity index is 1.60. The Morgan fingerprint density at radius 3 is 1.37 bits per heavy atom. The van der Waals surface area contributed by atoms with Crippen LogP contribution in [0.4, 0.5) is 0 Å². The van der Waals surface area contributed by atoms with Crippen LogP contribution in [-0.4, -0.2) is 60.9 Å². The van der Waals surface area contributed by atoms with Crippen molar-refractivity contribution in [1.29, 1.82) is 0 Å². The van der Waals surface area contributed by atoms with E-state index >= 15 is 0 Å². The Morgan fingerprint density at radius 2 is 0.935 bits per heavy atom. The highest BCUT2D eigenvalue weighted by Gasteiger charge is 2.25. The van der Waals surface area contributed by atoms with Gasteiger partial charge in [0.25, 0.3) is 0 Å². The molecule has 0 aliphatic rings. The molecule has 0 aliphatic heterocycles. The summed E-state index contributed by atoms with van der Waals surface area (Å²) in [5, 5.41) is 0. The van der Waals surface area contributed by atoms with Gasteiger partial charge in [0.05, 0.1) is 37.6 Å². The second kappa shape index (κ2) is 17.5. The van der Waals surface area contributed by atoms with Crippen LogP contribution in [-0.2, 0) is 28.5 Å². The molecular weight excluding hydrogens is 586 g/mol. The molecule has 0 amide bonds. The van der Waals surface area contributed by atoms with Crippen molar-refractivity contribution < 1.29 is 38.0 Å². The van der Waals surface area contributed by atoms with E-state index in [0.29, 0.717) is 44.6 Å². The van der Waals surface area contributed by atoms with Gasteiger partial charge in [-0.05, 0) is 86.6 Å². The minimum Gasteiger partial charge on any atom is -0.488 e. The van der Waals surface area contributed by atoms with Crippen molar-refractivity contribution in [2.45, 2.75) is 111 Å². The summed E-state index contributed by atoms with van der Waals surface area (Å²) in [6.07, 6.45) is 4.25. The summed E-state index contributed by atoms with van der Waals surface area (Å²) < 4.78 is 34.5. The molecule has 0 fully saturated rings. The number of rotatable bonds is 20. The molecule has 2 N–H and O–H groups in total. The van der Waals surface area contributed by atoms with E-state index in [2.05, 4.69) is 0 Å². The van der Waals surface area contributed by atoms with Gasteiger partial charge in [-0.1, -0.05) is 35.4 Å². The first-order chi connectivity index (χ1) is 21.4. The Kier molecular flexibility index (Phi) is 14.8. The highest BCUT2D eigenvalue weighted by molar-refractivity contribution is 5.91. The van der Waals surface area contributed by atoms with Gasteiger partial charge in [0.1, 0.15) is 17.1 Å². The van der Waals surface area contributed by atoms with Gasteiger partial charge in [0.2, 0.25) is 0 Å². The van der Waals surface area contributed by atoms with E-state index in [-0.39, 0.29) is 13.2 Å². The molecule has 9 heteroatoms. The number of esters is 2. The summed E-state index contributed by atoms with van der Waals surface area (Å²) in [4.78, 5) is 24.2. The Morgan fingerprint density at radius 1 is 0.565 bits per heavy atom. The van der Waals surface area contributed by atoms with E-state index in [9.17, 15) is 9.59 Å². The number of nitrogens with two attached hydrogens (primary N) is 1. The van der Waals surface area contributed by atoms with Crippen LogP contribution in [0.3, 0.4) is 0 Å². The van der Waals surface area contributed by atoms with Crippen molar-refractivity contribution in [2.75, 3.05) is 26.4 Å².